The second-order valence-corrected chi connectivity index (χ2v) is 14.2. The van der Waals surface area contributed by atoms with E-state index >= 15 is 0 Å². The number of hydroxylamine groups is 2. The number of nitrogens with zero attached hydrogens (tertiary/aromatic N) is 2. The van der Waals surface area contributed by atoms with Gasteiger partial charge in [-0.25, -0.2) is 9.86 Å². The third-order valence-corrected chi connectivity index (χ3v) is 9.56. The smallest absolute Gasteiger partial charge is 0.411 e. The van der Waals surface area contributed by atoms with Gasteiger partial charge in [0.25, 0.3) is 5.91 Å². The molecule has 0 spiro atoms. The highest BCUT2D eigenvalue weighted by molar-refractivity contribution is 6.74. The average molecular weight is 389 g/mol. The Morgan fingerprint density at radius 2 is 1.65 bits per heavy atom. The number of likely N-dealkylation sites (tertiary alicyclic amines) is 1. The normalized spacial score (nSPS) is 21.7. The summed E-state index contributed by atoms with van der Waals surface area (Å²) in [4.78, 5) is 31.8. The lowest BCUT2D eigenvalue weighted by Crippen LogP contribution is -2.48. The molecule has 0 aliphatic carbocycles. The fourth-order valence-electron chi connectivity index (χ4n) is 2.53. The quantitative estimate of drug-likeness (QED) is 0.545. The van der Waals surface area contributed by atoms with Gasteiger partial charge in [0.1, 0.15) is 11.6 Å². The highest BCUT2D eigenvalue weighted by Gasteiger charge is 2.47. The first-order valence-electron chi connectivity index (χ1n) is 9.08. The van der Waals surface area contributed by atoms with Gasteiger partial charge in [0, 0.05) is 20.0 Å². The van der Waals surface area contributed by atoms with E-state index in [1.165, 1.54) is 19.1 Å². The maximum absolute atomic E-state index is 12.7. The van der Waals surface area contributed by atoms with Crippen molar-refractivity contribution in [1.82, 2.24) is 9.96 Å². The molecule has 0 saturated carbocycles. The summed E-state index contributed by atoms with van der Waals surface area (Å²) in [6.45, 7) is 16.6. The Morgan fingerprint density at radius 1 is 1.12 bits per heavy atom. The van der Waals surface area contributed by atoms with Crippen LogP contribution in [0.1, 0.15) is 48.0 Å². The van der Waals surface area contributed by atoms with E-state index in [1.54, 1.807) is 0 Å². The number of ether oxygens (including phenoxy) is 1. The van der Waals surface area contributed by atoms with Crippen LogP contribution in [0.3, 0.4) is 0 Å². The summed E-state index contributed by atoms with van der Waals surface area (Å²) in [5, 5.41) is 1.20. The third kappa shape index (κ3) is 5.69. The fourth-order valence-corrected chi connectivity index (χ4v) is 3.89. The molecule has 1 heterocycles. The molecular formula is C18H36N2O5Si. The zero-order chi connectivity index (χ0) is 20.5. The van der Waals surface area contributed by atoms with Crippen molar-refractivity contribution in [2.75, 3.05) is 20.7 Å². The van der Waals surface area contributed by atoms with Gasteiger partial charge in [-0.05, 0) is 38.9 Å². The number of hydrogen-bond acceptors (Lipinski definition) is 5. The second kappa shape index (κ2) is 7.86. The van der Waals surface area contributed by atoms with E-state index in [1.807, 2.05) is 20.8 Å². The summed E-state index contributed by atoms with van der Waals surface area (Å²) in [6, 6.07) is -0.649. The molecule has 0 radical (unpaired) electrons. The number of rotatable bonds is 4. The van der Waals surface area contributed by atoms with E-state index in [9.17, 15) is 9.59 Å². The fraction of sp³-hybridized carbons (Fsp3) is 0.889. The molecule has 26 heavy (non-hydrogen) atoms. The van der Waals surface area contributed by atoms with Crippen LogP contribution in [0.25, 0.3) is 0 Å². The standard InChI is InChI=1S/C18H36N2O5Si/c1-17(2,3)24-16(22)20-12-13(25-26(9,10)18(4,5)6)11-14(20)15(21)19(7)23-8/h13-14H,11-12H2,1-10H3/t13-,14+/m0/s1. The van der Waals surface area contributed by atoms with Crippen LogP contribution in [0.5, 0.6) is 0 Å². The molecule has 0 aromatic carbocycles. The topological polar surface area (TPSA) is 68.3 Å². The molecule has 2 amide bonds. The first kappa shape index (κ1) is 22.9. The minimum absolute atomic E-state index is 0.0508. The van der Waals surface area contributed by atoms with Crippen molar-refractivity contribution in [3.05, 3.63) is 0 Å². The highest BCUT2D eigenvalue weighted by Crippen LogP contribution is 2.39. The van der Waals surface area contributed by atoms with Gasteiger partial charge in [-0.15, -0.1) is 0 Å². The number of carbonyl (C=O) groups is 2. The summed E-state index contributed by atoms with van der Waals surface area (Å²) in [5.41, 5.74) is -0.629. The highest BCUT2D eigenvalue weighted by atomic mass is 28.4. The molecule has 1 rings (SSSR count). The van der Waals surface area contributed by atoms with E-state index in [2.05, 4.69) is 33.9 Å². The molecule has 1 saturated heterocycles. The summed E-state index contributed by atoms with van der Waals surface area (Å²) < 4.78 is 11.9. The van der Waals surface area contributed by atoms with Gasteiger partial charge in [0.15, 0.2) is 8.32 Å². The van der Waals surface area contributed by atoms with Gasteiger partial charge >= 0.3 is 6.09 Å². The Hall–Kier alpha value is -1.12. The second-order valence-electron chi connectivity index (χ2n) is 9.40. The Kier molecular flexibility index (Phi) is 6.93. The van der Waals surface area contributed by atoms with E-state index in [0.29, 0.717) is 13.0 Å². The lowest BCUT2D eigenvalue weighted by molar-refractivity contribution is -0.173. The van der Waals surface area contributed by atoms with E-state index in [4.69, 9.17) is 14.0 Å². The molecule has 1 fully saturated rings. The van der Waals surface area contributed by atoms with Gasteiger partial charge in [-0.1, -0.05) is 20.8 Å². The summed E-state index contributed by atoms with van der Waals surface area (Å²) in [5.74, 6) is -0.278. The van der Waals surface area contributed by atoms with E-state index < -0.39 is 26.1 Å². The largest absolute Gasteiger partial charge is 0.444 e. The average Bonchev–Trinajstić information content (AvgIpc) is 2.85. The van der Waals surface area contributed by atoms with Crippen molar-refractivity contribution in [2.24, 2.45) is 0 Å². The third-order valence-electron chi connectivity index (χ3n) is 5.03. The molecule has 8 heteroatoms. The Morgan fingerprint density at radius 3 is 2.08 bits per heavy atom. The van der Waals surface area contributed by atoms with Crippen molar-refractivity contribution >= 4 is 20.3 Å². The zero-order valence-corrected chi connectivity index (χ0v) is 19.0. The first-order valence-corrected chi connectivity index (χ1v) is 12.0. The van der Waals surface area contributed by atoms with Crippen molar-refractivity contribution in [2.45, 2.75) is 83.8 Å². The monoisotopic (exact) mass is 388 g/mol. The number of carbonyl (C=O) groups excluding carboxylic acids is 2. The Bertz CT molecular complexity index is 525. The van der Waals surface area contributed by atoms with Crippen LogP contribution < -0.4 is 0 Å². The Labute approximate surface area is 159 Å². The van der Waals surface area contributed by atoms with Crippen LogP contribution >= 0.6 is 0 Å². The molecule has 0 aromatic heterocycles. The van der Waals surface area contributed by atoms with Crippen LogP contribution in [-0.2, 0) is 18.8 Å². The van der Waals surface area contributed by atoms with Crippen molar-refractivity contribution < 1.29 is 23.6 Å². The molecule has 2 atom stereocenters. The van der Waals surface area contributed by atoms with Crippen LogP contribution in [-0.4, -0.2) is 68.7 Å². The molecule has 1 aliphatic heterocycles. The van der Waals surface area contributed by atoms with Crippen molar-refractivity contribution in [1.29, 1.82) is 0 Å². The maximum atomic E-state index is 12.7. The molecule has 7 nitrogen and oxygen atoms in total. The summed E-state index contributed by atoms with van der Waals surface area (Å²) in [7, 11) is 0.948. The minimum Gasteiger partial charge on any atom is -0.444 e. The molecule has 0 N–H and O–H groups in total. The van der Waals surface area contributed by atoms with Gasteiger partial charge in [0.05, 0.1) is 13.2 Å². The lowest BCUT2D eigenvalue weighted by Gasteiger charge is -2.38. The van der Waals surface area contributed by atoms with Crippen LogP contribution in [0.2, 0.25) is 18.1 Å². The van der Waals surface area contributed by atoms with E-state index in [-0.39, 0.29) is 17.0 Å². The van der Waals surface area contributed by atoms with Gasteiger partial charge in [-0.3, -0.25) is 14.5 Å². The first-order chi connectivity index (χ1) is 11.6. The lowest BCUT2D eigenvalue weighted by atomic mass is 10.2. The van der Waals surface area contributed by atoms with Crippen molar-refractivity contribution in [3.8, 4) is 0 Å². The molecule has 0 unspecified atom stereocenters. The SMILES string of the molecule is CON(C)C(=O)[C@H]1C[C@H](O[Si](C)(C)C(C)(C)C)CN1C(=O)OC(C)(C)C. The maximum Gasteiger partial charge on any atom is 0.411 e. The predicted molar refractivity (Wildman–Crippen MR) is 103 cm³/mol. The number of hydrogen-bond donors (Lipinski definition) is 0. The minimum atomic E-state index is -2.02. The molecule has 0 aromatic rings. The molecular weight excluding hydrogens is 352 g/mol. The van der Waals surface area contributed by atoms with Crippen LogP contribution in [0.15, 0.2) is 0 Å². The van der Waals surface area contributed by atoms with Gasteiger partial charge in [-0.2, -0.15) is 0 Å². The number of likely N-dealkylation sites (N-methyl/N-ethyl adjacent to an activating group) is 1. The van der Waals surface area contributed by atoms with E-state index in [0.717, 1.165) is 5.06 Å². The van der Waals surface area contributed by atoms with Crippen molar-refractivity contribution in [3.63, 3.8) is 0 Å². The number of amides is 2. The summed E-state index contributed by atoms with van der Waals surface area (Å²) >= 11 is 0. The molecule has 0 bridgehead atoms. The molecule has 152 valence electrons. The molecule has 1 aliphatic rings. The Balaban J connectivity index is 3.01. The van der Waals surface area contributed by atoms with Gasteiger partial charge in [0.2, 0.25) is 0 Å². The van der Waals surface area contributed by atoms with Gasteiger partial charge < -0.3 is 9.16 Å². The zero-order valence-electron chi connectivity index (χ0n) is 18.0. The van der Waals surface area contributed by atoms with Crippen LogP contribution in [0.4, 0.5) is 4.79 Å². The van der Waals surface area contributed by atoms with Crippen LogP contribution in [0, 0.1) is 0 Å². The summed E-state index contributed by atoms with van der Waals surface area (Å²) in [6.07, 6.45) is -0.248. The predicted octanol–water partition coefficient (Wildman–Crippen LogP) is 3.41.